The van der Waals surface area contributed by atoms with Crippen LogP contribution in [0.2, 0.25) is 0 Å². The summed E-state index contributed by atoms with van der Waals surface area (Å²) in [6, 6.07) is 2.06. The third-order valence-electron chi connectivity index (χ3n) is 3.00. The van der Waals surface area contributed by atoms with Crippen LogP contribution in [0.1, 0.15) is 31.4 Å². The molecule has 3 N–H and O–H groups in total. The summed E-state index contributed by atoms with van der Waals surface area (Å²) in [6.07, 6.45) is 2.98. The second kappa shape index (κ2) is 5.03. The van der Waals surface area contributed by atoms with Crippen molar-refractivity contribution < 1.29 is 9.59 Å². The quantitative estimate of drug-likeness (QED) is 0.692. The number of aromatic nitrogens is 2. The highest BCUT2D eigenvalue weighted by Crippen LogP contribution is 2.36. The molecule has 1 fully saturated rings. The zero-order valence-corrected chi connectivity index (χ0v) is 10.2. The fraction of sp³-hybridized carbons (Fsp3) is 0.417. The van der Waals surface area contributed by atoms with Gasteiger partial charge in [0, 0.05) is 24.9 Å². The first-order valence-electron chi connectivity index (χ1n) is 5.84. The molecular formula is C12H16N4O2. The Morgan fingerprint density at radius 2 is 2.28 bits per heavy atom. The lowest BCUT2D eigenvalue weighted by molar-refractivity contribution is -0.120. The topological polar surface area (TPSA) is 86.9 Å². The summed E-state index contributed by atoms with van der Waals surface area (Å²) >= 11 is 0. The lowest BCUT2D eigenvalue weighted by Gasteiger charge is -2.34. The van der Waals surface area contributed by atoms with E-state index in [1.54, 1.807) is 0 Å². The van der Waals surface area contributed by atoms with Gasteiger partial charge in [0.15, 0.2) is 0 Å². The molecule has 0 unspecified atom stereocenters. The van der Waals surface area contributed by atoms with E-state index in [9.17, 15) is 9.59 Å². The van der Waals surface area contributed by atoms with Crippen molar-refractivity contribution in [3.63, 3.8) is 0 Å². The molecule has 2 rings (SSSR count). The van der Waals surface area contributed by atoms with Gasteiger partial charge in [-0.05, 0) is 18.9 Å². The number of carbonyl (C=O) groups is 2. The van der Waals surface area contributed by atoms with Gasteiger partial charge in [0.2, 0.25) is 11.8 Å². The molecule has 0 radical (unpaired) electrons. The Morgan fingerprint density at radius 1 is 1.56 bits per heavy atom. The van der Waals surface area contributed by atoms with Crippen LogP contribution in [0.4, 0.5) is 5.82 Å². The molecule has 1 aromatic rings. The molecular weight excluding hydrogens is 232 g/mol. The van der Waals surface area contributed by atoms with E-state index in [0.717, 1.165) is 18.5 Å². The second-order valence-electron chi connectivity index (χ2n) is 4.47. The Morgan fingerprint density at radius 3 is 2.89 bits per heavy atom. The van der Waals surface area contributed by atoms with E-state index in [-0.39, 0.29) is 17.9 Å². The van der Waals surface area contributed by atoms with Crippen molar-refractivity contribution in [3.8, 4) is 0 Å². The molecule has 1 saturated carbocycles. The summed E-state index contributed by atoms with van der Waals surface area (Å²) in [5, 5.41) is 12.4. The van der Waals surface area contributed by atoms with E-state index in [2.05, 4.69) is 27.4 Å². The Bertz CT molecular complexity index is 474. The molecule has 96 valence electrons. The van der Waals surface area contributed by atoms with E-state index in [0.29, 0.717) is 11.7 Å². The third-order valence-corrected chi connectivity index (χ3v) is 3.00. The van der Waals surface area contributed by atoms with Crippen LogP contribution in [0.25, 0.3) is 0 Å². The Kier molecular flexibility index (Phi) is 3.45. The third kappa shape index (κ3) is 2.77. The van der Waals surface area contributed by atoms with Gasteiger partial charge in [0.1, 0.15) is 5.82 Å². The van der Waals surface area contributed by atoms with Crippen molar-refractivity contribution in [2.45, 2.75) is 31.7 Å². The predicted molar refractivity (Wildman–Crippen MR) is 67.0 cm³/mol. The maximum absolute atomic E-state index is 11.1. The van der Waals surface area contributed by atoms with Gasteiger partial charge in [-0.15, -0.1) is 0 Å². The number of H-pyrrole nitrogens is 1. The summed E-state index contributed by atoms with van der Waals surface area (Å²) in [4.78, 5) is 22.0. The van der Waals surface area contributed by atoms with E-state index in [4.69, 9.17) is 0 Å². The van der Waals surface area contributed by atoms with Gasteiger partial charge >= 0.3 is 0 Å². The number of hydrogen-bond acceptors (Lipinski definition) is 3. The Balaban J connectivity index is 1.87. The average molecular weight is 248 g/mol. The van der Waals surface area contributed by atoms with Gasteiger partial charge in [0.25, 0.3) is 0 Å². The minimum atomic E-state index is -0.269. The van der Waals surface area contributed by atoms with Gasteiger partial charge in [-0.2, -0.15) is 5.10 Å². The monoisotopic (exact) mass is 248 g/mol. The van der Waals surface area contributed by atoms with Gasteiger partial charge in [-0.25, -0.2) is 0 Å². The molecule has 0 aliphatic heterocycles. The zero-order chi connectivity index (χ0) is 13.1. The number of amides is 2. The summed E-state index contributed by atoms with van der Waals surface area (Å²) in [5.41, 5.74) is 0.913. The molecule has 1 aliphatic carbocycles. The molecule has 1 aliphatic rings. The zero-order valence-electron chi connectivity index (χ0n) is 10.2. The first kappa shape index (κ1) is 12.3. The van der Waals surface area contributed by atoms with Gasteiger partial charge in [-0.3, -0.25) is 14.7 Å². The predicted octanol–water partition coefficient (Wildman–Crippen LogP) is 0.916. The maximum atomic E-state index is 11.1. The molecule has 0 bridgehead atoms. The highest BCUT2D eigenvalue weighted by molar-refractivity contribution is 5.98. The molecule has 0 saturated heterocycles. The summed E-state index contributed by atoms with van der Waals surface area (Å²) in [6.45, 7) is 4.90. The Hall–Kier alpha value is -2.11. The number of anilines is 1. The molecule has 18 heavy (non-hydrogen) atoms. The van der Waals surface area contributed by atoms with Gasteiger partial charge in [0.05, 0.1) is 5.69 Å². The highest BCUT2D eigenvalue weighted by atomic mass is 16.2. The molecule has 2 amide bonds. The van der Waals surface area contributed by atoms with Gasteiger partial charge in [-0.1, -0.05) is 6.58 Å². The van der Waals surface area contributed by atoms with E-state index < -0.39 is 0 Å². The van der Waals surface area contributed by atoms with Crippen molar-refractivity contribution in [2.24, 2.45) is 0 Å². The van der Waals surface area contributed by atoms with Crippen LogP contribution in [0.3, 0.4) is 0 Å². The molecule has 6 heteroatoms. The van der Waals surface area contributed by atoms with Crippen molar-refractivity contribution >= 4 is 17.6 Å². The van der Waals surface area contributed by atoms with E-state index >= 15 is 0 Å². The first-order valence-corrected chi connectivity index (χ1v) is 5.84. The molecule has 0 spiro atoms. The van der Waals surface area contributed by atoms with Crippen LogP contribution < -0.4 is 10.6 Å². The van der Waals surface area contributed by atoms with Crippen LogP contribution in [0.15, 0.2) is 18.7 Å². The molecule has 1 heterocycles. The van der Waals surface area contributed by atoms with Gasteiger partial charge < -0.3 is 10.6 Å². The summed E-state index contributed by atoms with van der Waals surface area (Å²) in [7, 11) is 0. The van der Waals surface area contributed by atoms with Crippen LogP contribution in [0.5, 0.6) is 0 Å². The average Bonchev–Trinajstić information content (AvgIpc) is 2.70. The number of rotatable bonds is 4. The standard InChI is InChI=1S/C12H16N4O2/c1-3-12(18)14-11-6-10(15-16-11)8-4-9(5-8)13-7(2)17/h3,6,8-9H,1,4-5H2,2H3,(H,13,17)(H2,14,15,16,18). The first-order chi connectivity index (χ1) is 8.58. The number of nitrogens with zero attached hydrogens (tertiary/aromatic N) is 1. The number of nitrogens with one attached hydrogen (secondary N) is 3. The van der Waals surface area contributed by atoms with Crippen molar-refractivity contribution in [1.82, 2.24) is 15.5 Å². The van der Waals surface area contributed by atoms with Crippen LogP contribution in [-0.2, 0) is 9.59 Å². The fourth-order valence-corrected chi connectivity index (χ4v) is 2.06. The lowest BCUT2D eigenvalue weighted by atomic mass is 9.78. The SMILES string of the molecule is C=CC(=O)Nc1cc(C2CC(NC(C)=O)C2)n[nH]1. The smallest absolute Gasteiger partial charge is 0.248 e. The highest BCUT2D eigenvalue weighted by Gasteiger charge is 2.32. The number of hydrogen-bond donors (Lipinski definition) is 3. The van der Waals surface area contributed by atoms with Crippen molar-refractivity contribution in [2.75, 3.05) is 5.32 Å². The Labute approximate surface area is 105 Å². The number of carbonyl (C=O) groups excluding carboxylic acids is 2. The minimum Gasteiger partial charge on any atom is -0.354 e. The number of aromatic amines is 1. The second-order valence-corrected chi connectivity index (χ2v) is 4.47. The van der Waals surface area contributed by atoms with E-state index in [1.165, 1.54) is 13.0 Å². The summed E-state index contributed by atoms with van der Waals surface area (Å²) in [5.74, 6) is 0.639. The fourth-order valence-electron chi connectivity index (χ4n) is 2.06. The normalized spacial score (nSPS) is 21.8. The van der Waals surface area contributed by atoms with Crippen LogP contribution >= 0.6 is 0 Å². The summed E-state index contributed by atoms with van der Waals surface area (Å²) < 4.78 is 0. The molecule has 0 atom stereocenters. The van der Waals surface area contributed by atoms with Crippen molar-refractivity contribution in [1.29, 1.82) is 0 Å². The lowest BCUT2D eigenvalue weighted by Crippen LogP contribution is -2.42. The molecule has 1 aromatic heterocycles. The van der Waals surface area contributed by atoms with E-state index in [1.807, 2.05) is 6.07 Å². The molecule has 6 nitrogen and oxygen atoms in total. The van der Waals surface area contributed by atoms with Crippen LogP contribution in [0, 0.1) is 0 Å². The van der Waals surface area contributed by atoms with Crippen molar-refractivity contribution in [3.05, 3.63) is 24.4 Å². The minimum absolute atomic E-state index is 0.000543. The van der Waals surface area contributed by atoms with Crippen LogP contribution in [-0.4, -0.2) is 28.1 Å². The maximum Gasteiger partial charge on any atom is 0.248 e. The largest absolute Gasteiger partial charge is 0.354 e. The molecule has 0 aromatic carbocycles.